The zero-order chi connectivity index (χ0) is 18.3. The Morgan fingerprint density at radius 3 is 2.17 bits per heavy atom. The third-order valence-corrected chi connectivity index (χ3v) is 3.69. The van der Waals surface area contributed by atoms with Crippen molar-refractivity contribution in [2.45, 2.75) is 34.6 Å². The molecule has 24 heavy (non-hydrogen) atoms. The van der Waals surface area contributed by atoms with Crippen LogP contribution in [-0.4, -0.2) is 12.8 Å². The SMILES string of the molecule is CC.CC.COc1ccc2c(c1)c[n+](C)c1cc(C(C)=N)ccc21. The highest BCUT2D eigenvalue weighted by Crippen LogP contribution is 2.26. The van der Waals surface area contributed by atoms with E-state index in [1.807, 2.05) is 59.9 Å². The van der Waals surface area contributed by atoms with Crippen LogP contribution >= 0.6 is 0 Å². The minimum atomic E-state index is 0.585. The number of aryl methyl sites for hydroxylation is 1. The smallest absolute Gasteiger partial charge is 0.213 e. The van der Waals surface area contributed by atoms with Crippen LogP contribution in [0.1, 0.15) is 40.2 Å². The van der Waals surface area contributed by atoms with Gasteiger partial charge in [0.2, 0.25) is 5.52 Å². The van der Waals surface area contributed by atoms with E-state index in [1.165, 1.54) is 10.8 Å². The van der Waals surface area contributed by atoms with Crippen molar-refractivity contribution in [1.29, 1.82) is 5.41 Å². The molecule has 0 atom stereocenters. The standard InChI is InChI=1S/C17H17N2O.2C2H6/c1-11(18)12-4-6-16-15-7-5-14(20-3)8-13(15)10-19(2)17(16)9-12;2*1-2/h4-10,18H,1-3H3;2*1-2H3/q+1;;. The molecule has 0 aliphatic carbocycles. The van der Waals surface area contributed by atoms with E-state index in [0.29, 0.717) is 5.71 Å². The molecular formula is C21H29N2O+. The highest BCUT2D eigenvalue weighted by molar-refractivity contribution is 6.07. The number of fused-ring (bicyclic) bond motifs is 3. The molecule has 0 aliphatic heterocycles. The second kappa shape index (κ2) is 9.02. The fourth-order valence-corrected chi connectivity index (χ4v) is 2.58. The van der Waals surface area contributed by atoms with E-state index in [-0.39, 0.29) is 0 Å². The van der Waals surface area contributed by atoms with E-state index in [9.17, 15) is 0 Å². The van der Waals surface area contributed by atoms with Crippen LogP contribution in [0.3, 0.4) is 0 Å². The quantitative estimate of drug-likeness (QED) is 0.389. The number of nitrogens with zero attached hydrogens (tertiary/aromatic N) is 1. The van der Waals surface area contributed by atoms with Gasteiger partial charge >= 0.3 is 0 Å². The summed E-state index contributed by atoms with van der Waals surface area (Å²) in [5, 5.41) is 11.3. The molecule has 0 bridgehead atoms. The number of pyridine rings is 1. The lowest BCUT2D eigenvalue weighted by Gasteiger charge is -2.06. The summed E-state index contributed by atoms with van der Waals surface area (Å²) in [4.78, 5) is 0. The maximum atomic E-state index is 7.77. The molecule has 1 aromatic heterocycles. The summed E-state index contributed by atoms with van der Waals surface area (Å²) in [5.41, 5.74) is 2.68. The van der Waals surface area contributed by atoms with Gasteiger partial charge in [0, 0.05) is 22.7 Å². The lowest BCUT2D eigenvalue weighted by Crippen LogP contribution is -2.28. The summed E-state index contributed by atoms with van der Waals surface area (Å²) in [6.07, 6.45) is 2.10. The van der Waals surface area contributed by atoms with E-state index >= 15 is 0 Å². The Bertz CT molecular complexity index is 838. The number of benzene rings is 2. The average Bonchev–Trinajstić information content (AvgIpc) is 2.64. The molecule has 3 nitrogen and oxygen atoms in total. The Balaban J connectivity index is 0.000000671. The number of rotatable bonds is 2. The highest BCUT2D eigenvalue weighted by Gasteiger charge is 2.12. The van der Waals surface area contributed by atoms with Gasteiger partial charge < -0.3 is 10.1 Å². The summed E-state index contributed by atoms with van der Waals surface area (Å²) in [6.45, 7) is 9.81. The fraction of sp³-hybridized carbons (Fsp3) is 0.333. The predicted molar refractivity (Wildman–Crippen MR) is 104 cm³/mol. The first-order chi connectivity index (χ1) is 11.6. The van der Waals surface area contributed by atoms with Crippen molar-refractivity contribution in [3.8, 4) is 5.75 Å². The van der Waals surface area contributed by atoms with Crippen LogP contribution in [0, 0.1) is 5.41 Å². The molecule has 1 heterocycles. The highest BCUT2D eigenvalue weighted by atomic mass is 16.5. The first-order valence-corrected chi connectivity index (χ1v) is 8.56. The van der Waals surface area contributed by atoms with Crippen molar-refractivity contribution in [2.75, 3.05) is 7.11 Å². The van der Waals surface area contributed by atoms with Crippen molar-refractivity contribution in [3.63, 3.8) is 0 Å². The zero-order valence-corrected chi connectivity index (χ0v) is 15.9. The summed E-state index contributed by atoms with van der Waals surface area (Å²) in [5.74, 6) is 0.865. The van der Waals surface area contributed by atoms with Gasteiger partial charge in [-0.05, 0) is 31.2 Å². The maximum Gasteiger partial charge on any atom is 0.213 e. The molecule has 0 radical (unpaired) electrons. The molecular weight excluding hydrogens is 296 g/mol. The van der Waals surface area contributed by atoms with Crippen LogP contribution in [0.2, 0.25) is 0 Å². The van der Waals surface area contributed by atoms with Crippen molar-refractivity contribution in [3.05, 3.63) is 48.2 Å². The molecule has 128 valence electrons. The second-order valence-electron chi connectivity index (χ2n) is 5.05. The van der Waals surface area contributed by atoms with Crippen LogP contribution in [0.4, 0.5) is 0 Å². The molecule has 3 rings (SSSR count). The van der Waals surface area contributed by atoms with Gasteiger partial charge in [-0.25, -0.2) is 4.57 Å². The topological polar surface area (TPSA) is 37.0 Å². The van der Waals surface area contributed by atoms with E-state index in [2.05, 4.69) is 29.0 Å². The van der Waals surface area contributed by atoms with Crippen molar-refractivity contribution in [2.24, 2.45) is 7.05 Å². The number of ether oxygens (including phenoxy) is 1. The van der Waals surface area contributed by atoms with Gasteiger partial charge in [-0.3, -0.25) is 0 Å². The van der Waals surface area contributed by atoms with Gasteiger partial charge in [-0.1, -0.05) is 33.8 Å². The second-order valence-corrected chi connectivity index (χ2v) is 5.05. The van der Waals surface area contributed by atoms with Crippen LogP contribution < -0.4 is 9.30 Å². The predicted octanol–water partition coefficient (Wildman–Crippen LogP) is 5.27. The average molecular weight is 325 g/mol. The molecule has 0 saturated carbocycles. The lowest BCUT2D eigenvalue weighted by atomic mass is 10.0. The molecule has 0 amide bonds. The van der Waals surface area contributed by atoms with E-state index in [4.69, 9.17) is 10.1 Å². The van der Waals surface area contributed by atoms with Gasteiger partial charge in [0.1, 0.15) is 12.8 Å². The third-order valence-electron chi connectivity index (χ3n) is 3.69. The van der Waals surface area contributed by atoms with Crippen LogP contribution in [0.5, 0.6) is 5.75 Å². The Kier molecular flexibility index (Phi) is 7.37. The third kappa shape index (κ3) is 3.91. The summed E-state index contributed by atoms with van der Waals surface area (Å²) >= 11 is 0. The molecule has 0 spiro atoms. The normalized spacial score (nSPS) is 9.62. The molecule has 0 saturated heterocycles. The summed E-state index contributed by atoms with van der Waals surface area (Å²) in [7, 11) is 3.71. The molecule has 0 unspecified atom stereocenters. The molecule has 3 aromatic rings. The number of methoxy groups -OCH3 is 1. The minimum Gasteiger partial charge on any atom is -0.497 e. The zero-order valence-electron chi connectivity index (χ0n) is 15.9. The Hall–Kier alpha value is -2.42. The Morgan fingerprint density at radius 2 is 1.58 bits per heavy atom. The van der Waals surface area contributed by atoms with Gasteiger partial charge in [-0.2, -0.15) is 0 Å². The van der Waals surface area contributed by atoms with Crippen molar-refractivity contribution < 1.29 is 9.30 Å². The number of aromatic nitrogens is 1. The molecule has 3 heteroatoms. The minimum absolute atomic E-state index is 0.585. The van der Waals surface area contributed by atoms with Gasteiger partial charge in [0.15, 0.2) is 6.20 Å². The van der Waals surface area contributed by atoms with E-state index in [0.717, 1.165) is 22.2 Å². The number of hydrogen-bond donors (Lipinski definition) is 1. The van der Waals surface area contributed by atoms with Crippen molar-refractivity contribution >= 4 is 27.4 Å². The Labute approximate surface area is 145 Å². The Morgan fingerprint density at radius 1 is 0.958 bits per heavy atom. The van der Waals surface area contributed by atoms with E-state index in [1.54, 1.807) is 7.11 Å². The van der Waals surface area contributed by atoms with Crippen LogP contribution in [0.15, 0.2) is 42.6 Å². The summed E-state index contributed by atoms with van der Waals surface area (Å²) in [6, 6.07) is 12.3. The lowest BCUT2D eigenvalue weighted by molar-refractivity contribution is -0.643. The molecule has 1 N–H and O–H groups in total. The first-order valence-electron chi connectivity index (χ1n) is 8.56. The van der Waals surface area contributed by atoms with Gasteiger partial charge in [0.25, 0.3) is 0 Å². The fourth-order valence-electron chi connectivity index (χ4n) is 2.58. The van der Waals surface area contributed by atoms with Crippen LogP contribution in [0.25, 0.3) is 21.7 Å². The maximum absolute atomic E-state index is 7.77. The van der Waals surface area contributed by atoms with Crippen LogP contribution in [-0.2, 0) is 7.05 Å². The first kappa shape index (κ1) is 19.6. The monoisotopic (exact) mass is 325 g/mol. The molecule has 0 fully saturated rings. The van der Waals surface area contributed by atoms with Gasteiger partial charge in [-0.15, -0.1) is 0 Å². The van der Waals surface area contributed by atoms with Gasteiger partial charge in [0.05, 0.1) is 17.9 Å². The molecule has 2 aromatic carbocycles. The molecule has 0 aliphatic rings. The number of hydrogen-bond acceptors (Lipinski definition) is 2. The largest absolute Gasteiger partial charge is 0.497 e. The van der Waals surface area contributed by atoms with Crippen molar-refractivity contribution in [1.82, 2.24) is 0 Å². The summed E-state index contributed by atoms with van der Waals surface area (Å²) < 4.78 is 7.39. The van der Waals surface area contributed by atoms with E-state index < -0.39 is 0 Å². The number of nitrogens with one attached hydrogen (secondary N) is 1.